The van der Waals surface area contributed by atoms with Crippen molar-refractivity contribution in [2.24, 2.45) is 5.41 Å². The first-order valence-corrected chi connectivity index (χ1v) is 8.83. The molecule has 1 amide bonds. The van der Waals surface area contributed by atoms with Gasteiger partial charge in [-0.15, -0.1) is 0 Å². The zero-order valence-electron chi connectivity index (χ0n) is 14.6. The summed E-state index contributed by atoms with van der Waals surface area (Å²) >= 11 is 0. The lowest BCUT2D eigenvalue weighted by Crippen LogP contribution is -2.68. The summed E-state index contributed by atoms with van der Waals surface area (Å²) in [5, 5.41) is 6.44. The van der Waals surface area contributed by atoms with Crippen LogP contribution in [0, 0.1) is 12.3 Å². The van der Waals surface area contributed by atoms with Crippen molar-refractivity contribution in [3.8, 4) is 0 Å². The molecule has 4 rings (SSSR count). The Morgan fingerprint density at radius 2 is 2.15 bits per heavy atom. The number of hydrogen-bond donors (Lipinski definition) is 3. The van der Waals surface area contributed by atoms with Crippen molar-refractivity contribution in [1.82, 2.24) is 15.3 Å². The Bertz CT molecular complexity index is 839. The zero-order valence-corrected chi connectivity index (χ0v) is 14.6. The van der Waals surface area contributed by atoms with E-state index in [1.54, 1.807) is 25.3 Å². The van der Waals surface area contributed by atoms with Gasteiger partial charge < -0.3 is 19.8 Å². The molecule has 2 unspecified atom stereocenters. The molecule has 2 aromatic rings. The zero-order chi connectivity index (χ0) is 18.1. The Labute approximate surface area is 150 Å². The molecule has 1 aliphatic carbocycles. The number of anilines is 1. The van der Waals surface area contributed by atoms with Crippen molar-refractivity contribution in [1.29, 1.82) is 0 Å². The molecular formula is C18H22N4O4. The van der Waals surface area contributed by atoms with Crippen LogP contribution in [0.4, 0.5) is 5.95 Å². The molecule has 2 aliphatic rings. The van der Waals surface area contributed by atoms with Gasteiger partial charge in [0.25, 0.3) is 11.5 Å². The molecule has 1 aliphatic heterocycles. The first-order chi connectivity index (χ1) is 12.6. The summed E-state index contributed by atoms with van der Waals surface area (Å²) in [6.07, 6.45) is 5.48. The Morgan fingerprint density at radius 1 is 1.35 bits per heavy atom. The molecule has 3 heterocycles. The van der Waals surface area contributed by atoms with Crippen molar-refractivity contribution in [3.05, 3.63) is 46.3 Å². The van der Waals surface area contributed by atoms with Gasteiger partial charge in [-0.25, -0.2) is 4.98 Å². The largest absolute Gasteiger partial charge is 0.459 e. The second-order valence-electron chi connectivity index (χ2n) is 7.03. The summed E-state index contributed by atoms with van der Waals surface area (Å²) < 4.78 is 10.7. The number of rotatable bonds is 4. The van der Waals surface area contributed by atoms with E-state index in [1.165, 1.54) is 6.26 Å². The summed E-state index contributed by atoms with van der Waals surface area (Å²) in [7, 11) is 0. The minimum Gasteiger partial charge on any atom is -0.459 e. The monoisotopic (exact) mass is 358 g/mol. The van der Waals surface area contributed by atoms with Gasteiger partial charge in [-0.1, -0.05) is 0 Å². The van der Waals surface area contributed by atoms with E-state index in [2.05, 4.69) is 20.6 Å². The highest BCUT2D eigenvalue weighted by Gasteiger charge is 2.56. The van der Waals surface area contributed by atoms with Crippen LogP contribution in [-0.2, 0) is 4.74 Å². The van der Waals surface area contributed by atoms with Crippen LogP contribution < -0.4 is 16.2 Å². The maximum absolute atomic E-state index is 12.4. The molecule has 138 valence electrons. The normalized spacial score (nSPS) is 24.0. The number of ether oxygens (including phenoxy) is 1. The van der Waals surface area contributed by atoms with E-state index in [-0.39, 0.29) is 29.0 Å². The molecule has 1 saturated carbocycles. The van der Waals surface area contributed by atoms with Crippen LogP contribution in [0.25, 0.3) is 0 Å². The van der Waals surface area contributed by atoms with Crippen LogP contribution in [0.3, 0.4) is 0 Å². The fourth-order valence-corrected chi connectivity index (χ4v) is 3.98. The predicted octanol–water partition coefficient (Wildman–Crippen LogP) is 1.45. The third-order valence-corrected chi connectivity index (χ3v) is 5.62. The van der Waals surface area contributed by atoms with Gasteiger partial charge >= 0.3 is 0 Å². The molecule has 2 aromatic heterocycles. The lowest BCUT2D eigenvalue weighted by atomic mass is 9.56. The molecular weight excluding hydrogens is 336 g/mol. The van der Waals surface area contributed by atoms with Crippen molar-refractivity contribution >= 4 is 11.9 Å². The number of carbonyl (C=O) groups excluding carboxylic acids is 1. The smallest absolute Gasteiger partial charge is 0.287 e. The Hall–Kier alpha value is -2.61. The van der Waals surface area contributed by atoms with Gasteiger partial charge in [-0.2, -0.15) is 0 Å². The van der Waals surface area contributed by atoms with Crippen molar-refractivity contribution in [2.75, 3.05) is 18.5 Å². The van der Waals surface area contributed by atoms with Crippen LogP contribution in [0.15, 0.2) is 33.8 Å². The molecule has 2 fully saturated rings. The summed E-state index contributed by atoms with van der Waals surface area (Å²) in [5.41, 5.74) is 0.309. The van der Waals surface area contributed by atoms with Gasteiger partial charge in [0.1, 0.15) is 0 Å². The first kappa shape index (κ1) is 16.8. The van der Waals surface area contributed by atoms with Gasteiger partial charge in [0.2, 0.25) is 5.95 Å². The van der Waals surface area contributed by atoms with Gasteiger partial charge in [-0.05, 0) is 38.3 Å². The van der Waals surface area contributed by atoms with E-state index in [1.807, 2.05) is 0 Å². The molecule has 3 N–H and O–H groups in total. The molecule has 0 radical (unpaired) electrons. The summed E-state index contributed by atoms with van der Waals surface area (Å²) in [6, 6.07) is 3.49. The highest BCUT2D eigenvalue weighted by atomic mass is 16.5. The van der Waals surface area contributed by atoms with Crippen LogP contribution >= 0.6 is 0 Å². The third-order valence-electron chi connectivity index (χ3n) is 5.62. The van der Waals surface area contributed by atoms with Gasteiger partial charge in [0, 0.05) is 42.5 Å². The van der Waals surface area contributed by atoms with E-state index in [0.717, 1.165) is 19.3 Å². The molecule has 2 atom stereocenters. The Kier molecular flexibility index (Phi) is 4.28. The van der Waals surface area contributed by atoms with E-state index in [4.69, 9.17) is 9.15 Å². The average Bonchev–Trinajstić information content (AvgIpc) is 3.19. The average molecular weight is 358 g/mol. The van der Waals surface area contributed by atoms with Crippen LogP contribution in [0.1, 0.15) is 35.4 Å². The topological polar surface area (TPSA) is 109 Å². The number of H-pyrrole nitrogens is 1. The number of nitrogens with zero attached hydrogens (tertiary/aromatic N) is 1. The van der Waals surface area contributed by atoms with E-state index in [9.17, 15) is 9.59 Å². The maximum Gasteiger partial charge on any atom is 0.287 e. The van der Waals surface area contributed by atoms with Crippen molar-refractivity contribution < 1.29 is 13.9 Å². The van der Waals surface area contributed by atoms with Crippen LogP contribution in [-0.4, -0.2) is 41.2 Å². The first-order valence-electron chi connectivity index (χ1n) is 8.83. The predicted molar refractivity (Wildman–Crippen MR) is 94.1 cm³/mol. The SMILES string of the molecule is Cc1cnc(NC2CC(NC(=O)c3ccco3)C23CCOCC3)[nH]c1=O. The van der Waals surface area contributed by atoms with Crippen LogP contribution in [0.2, 0.25) is 0 Å². The van der Waals surface area contributed by atoms with Crippen LogP contribution in [0.5, 0.6) is 0 Å². The van der Waals surface area contributed by atoms with E-state index >= 15 is 0 Å². The highest BCUT2D eigenvalue weighted by Crippen LogP contribution is 2.50. The van der Waals surface area contributed by atoms with Gasteiger partial charge in [0.15, 0.2) is 5.76 Å². The lowest BCUT2D eigenvalue weighted by molar-refractivity contribution is -0.0624. The highest BCUT2D eigenvalue weighted by molar-refractivity contribution is 5.91. The number of furan rings is 1. The van der Waals surface area contributed by atoms with Gasteiger partial charge in [-0.3, -0.25) is 14.6 Å². The number of carbonyl (C=O) groups is 1. The second kappa shape index (κ2) is 6.60. The molecule has 0 aromatic carbocycles. The number of amides is 1. The molecule has 0 bridgehead atoms. The second-order valence-corrected chi connectivity index (χ2v) is 7.03. The van der Waals surface area contributed by atoms with Crippen molar-refractivity contribution in [3.63, 3.8) is 0 Å². The maximum atomic E-state index is 12.4. The van der Waals surface area contributed by atoms with E-state index in [0.29, 0.717) is 30.5 Å². The van der Waals surface area contributed by atoms with Gasteiger partial charge in [0.05, 0.1) is 6.26 Å². The summed E-state index contributed by atoms with van der Waals surface area (Å²) in [5.74, 6) is 0.576. The lowest BCUT2D eigenvalue weighted by Gasteiger charge is -2.57. The molecule has 26 heavy (non-hydrogen) atoms. The number of hydrogen-bond acceptors (Lipinski definition) is 6. The fourth-order valence-electron chi connectivity index (χ4n) is 3.98. The number of aromatic nitrogens is 2. The Balaban J connectivity index is 1.50. The number of aromatic amines is 1. The molecule has 8 heteroatoms. The minimum absolute atomic E-state index is 0.0265. The standard InChI is InChI=1S/C18H22N4O4/c1-11-10-19-17(22-15(11)23)21-14-9-13(18(14)4-7-25-8-5-18)20-16(24)12-3-2-6-26-12/h2-3,6,10,13-14H,4-5,7-9H2,1H3,(H,20,24)(H2,19,21,22,23). The summed E-state index contributed by atoms with van der Waals surface area (Å²) in [4.78, 5) is 31.2. The molecule has 1 spiro atoms. The van der Waals surface area contributed by atoms with E-state index < -0.39 is 0 Å². The third kappa shape index (κ3) is 2.90. The number of aryl methyl sites for hydroxylation is 1. The van der Waals surface area contributed by atoms with Crippen molar-refractivity contribution in [2.45, 2.75) is 38.3 Å². The minimum atomic E-state index is -0.203. The Morgan fingerprint density at radius 3 is 2.85 bits per heavy atom. The molecule has 1 saturated heterocycles. The molecule has 8 nitrogen and oxygen atoms in total. The summed E-state index contributed by atoms with van der Waals surface area (Å²) in [6.45, 7) is 3.03. The fraction of sp³-hybridized carbons (Fsp3) is 0.500. The quantitative estimate of drug-likeness (QED) is 0.763. The number of nitrogens with one attached hydrogen (secondary N) is 3.